The van der Waals surface area contributed by atoms with Crippen LogP contribution in [0.5, 0.6) is 0 Å². The number of nitrogens with two attached hydrogens (primary N) is 1. The van der Waals surface area contributed by atoms with E-state index in [0.29, 0.717) is 29.9 Å². The molecule has 4 aromatic rings. The van der Waals surface area contributed by atoms with Crippen molar-refractivity contribution in [3.8, 4) is 11.1 Å². The van der Waals surface area contributed by atoms with Crippen molar-refractivity contribution in [2.45, 2.75) is 44.6 Å². The lowest BCUT2D eigenvalue weighted by atomic mass is 10.0. The maximum absolute atomic E-state index is 13.7. The molecule has 4 aromatic heterocycles. The van der Waals surface area contributed by atoms with E-state index in [9.17, 15) is 35.9 Å². The monoisotopic (exact) mass is 571 g/mol. The van der Waals surface area contributed by atoms with Gasteiger partial charge in [-0.1, -0.05) is 0 Å². The zero-order chi connectivity index (χ0) is 28.4. The summed E-state index contributed by atoms with van der Waals surface area (Å²) >= 11 is 0.559. The summed E-state index contributed by atoms with van der Waals surface area (Å²) < 4.78 is 83.3. The molecular weight excluding hydrogens is 552 g/mol. The lowest BCUT2D eigenvalue weighted by Crippen LogP contribution is -2.23. The number of amides is 2. The van der Waals surface area contributed by atoms with Crippen LogP contribution in [0, 0.1) is 6.92 Å². The number of nitrogens with zero attached hydrogens (tertiary/aromatic N) is 5. The number of rotatable bonds is 6. The Morgan fingerprint density at radius 1 is 1.10 bits per heavy atom. The fourth-order valence-electron chi connectivity index (χ4n) is 4.23. The molecule has 3 N–H and O–H groups in total. The lowest BCUT2D eigenvalue weighted by molar-refractivity contribution is -0.142. The highest BCUT2D eigenvalue weighted by molar-refractivity contribution is 7.21. The first-order chi connectivity index (χ1) is 18.1. The number of aromatic nitrogens is 5. The van der Waals surface area contributed by atoms with Crippen molar-refractivity contribution in [1.29, 1.82) is 0 Å². The first kappa shape index (κ1) is 26.6. The Morgan fingerprint density at radius 3 is 2.31 bits per heavy atom. The van der Waals surface area contributed by atoms with E-state index < -0.39 is 42.1 Å². The van der Waals surface area contributed by atoms with Crippen LogP contribution in [-0.2, 0) is 30.7 Å². The fraction of sp³-hybridized carbons (Fsp3) is 0.348. The van der Waals surface area contributed by atoms with Gasteiger partial charge in [0, 0.05) is 35.3 Å². The van der Waals surface area contributed by atoms with Gasteiger partial charge in [0.05, 0.1) is 11.9 Å². The summed E-state index contributed by atoms with van der Waals surface area (Å²) in [7, 11) is 1.59. The minimum atomic E-state index is -4.82. The zero-order valence-electron chi connectivity index (χ0n) is 20.2. The summed E-state index contributed by atoms with van der Waals surface area (Å²) in [4.78, 5) is 28.5. The molecule has 16 heteroatoms. The van der Waals surface area contributed by atoms with Crippen LogP contribution in [0.3, 0.4) is 0 Å². The number of aryl methyl sites for hydroxylation is 1. The number of carbonyl (C=O) groups is 2. The number of primary amides is 1. The predicted molar refractivity (Wildman–Crippen MR) is 128 cm³/mol. The zero-order valence-corrected chi connectivity index (χ0v) is 21.1. The van der Waals surface area contributed by atoms with Gasteiger partial charge in [-0.2, -0.15) is 36.5 Å². The summed E-state index contributed by atoms with van der Waals surface area (Å²) in [6, 6.07) is 1.68. The highest BCUT2D eigenvalue weighted by Gasteiger charge is 2.39. The SMILES string of the molecule is Cc1c(-c2cc(C(F)(F)F)nc3sc(C(N)=O)c(NC(=O)Cn4nc(C(F)(F)F)cc4C4CC4)c23)cnn1C. The van der Waals surface area contributed by atoms with E-state index >= 15 is 0 Å². The average Bonchev–Trinajstić information content (AvgIpc) is 3.34. The maximum atomic E-state index is 13.7. The second-order valence-electron chi connectivity index (χ2n) is 9.10. The molecular formula is C23H19F6N7O2S. The number of halogens is 6. The molecule has 0 spiro atoms. The van der Waals surface area contributed by atoms with Crippen LogP contribution in [0.4, 0.5) is 32.0 Å². The summed E-state index contributed by atoms with van der Waals surface area (Å²) in [5.74, 6) is -2.06. The predicted octanol–water partition coefficient (Wildman–Crippen LogP) is 4.85. The lowest BCUT2D eigenvalue weighted by Gasteiger charge is -2.13. The molecule has 0 radical (unpaired) electrons. The number of alkyl halides is 6. The van der Waals surface area contributed by atoms with Crippen molar-refractivity contribution >= 4 is 39.1 Å². The third-order valence-corrected chi connectivity index (χ3v) is 7.45. The number of carbonyl (C=O) groups excluding carboxylic acids is 2. The van der Waals surface area contributed by atoms with Gasteiger partial charge in [0.1, 0.15) is 21.9 Å². The number of nitrogens with one attached hydrogen (secondary N) is 1. The standard InChI is InChI=1S/C23H19F6N7O2S/c1-9-12(7-31-35(9)2)11-5-14(22(24,25)26)32-21-17(11)18(19(39-21)20(30)38)33-16(37)8-36-13(10-3-4-10)6-15(34-36)23(27,28)29/h5-7,10H,3-4,8H2,1-2H3,(H2,30,38)(H,33,37). The smallest absolute Gasteiger partial charge is 0.365 e. The van der Waals surface area contributed by atoms with Gasteiger partial charge in [0.2, 0.25) is 5.91 Å². The van der Waals surface area contributed by atoms with Crippen LogP contribution in [0.25, 0.3) is 21.3 Å². The van der Waals surface area contributed by atoms with Gasteiger partial charge in [-0.15, -0.1) is 11.3 Å². The molecule has 0 saturated heterocycles. The molecule has 206 valence electrons. The first-order valence-corrected chi connectivity index (χ1v) is 12.2. The summed E-state index contributed by atoms with van der Waals surface area (Å²) in [6.07, 6.45) is -6.91. The third-order valence-electron chi connectivity index (χ3n) is 6.36. The molecule has 39 heavy (non-hydrogen) atoms. The summed E-state index contributed by atoms with van der Waals surface area (Å²) in [6.45, 7) is 0.990. The highest BCUT2D eigenvalue weighted by atomic mass is 32.1. The van der Waals surface area contributed by atoms with Crippen LogP contribution < -0.4 is 11.1 Å². The van der Waals surface area contributed by atoms with Gasteiger partial charge in [-0.3, -0.25) is 19.0 Å². The minimum Gasteiger partial charge on any atom is -0.365 e. The molecule has 5 rings (SSSR count). The van der Waals surface area contributed by atoms with Crippen molar-refractivity contribution in [3.05, 3.63) is 46.0 Å². The number of anilines is 1. The van der Waals surface area contributed by atoms with E-state index in [1.807, 2.05) is 0 Å². The van der Waals surface area contributed by atoms with E-state index in [1.54, 1.807) is 14.0 Å². The second kappa shape index (κ2) is 9.07. The average molecular weight is 572 g/mol. The fourth-order valence-corrected chi connectivity index (χ4v) is 5.24. The topological polar surface area (TPSA) is 121 Å². The summed E-state index contributed by atoms with van der Waals surface area (Å²) in [5, 5.41) is 10.1. The van der Waals surface area contributed by atoms with Crippen LogP contribution in [0.15, 0.2) is 18.3 Å². The Bertz CT molecular complexity index is 1630. The van der Waals surface area contributed by atoms with Crippen LogP contribution in [0.2, 0.25) is 0 Å². The highest BCUT2D eigenvalue weighted by Crippen LogP contribution is 2.45. The molecule has 1 aliphatic rings. The molecule has 0 unspecified atom stereocenters. The van der Waals surface area contributed by atoms with E-state index in [0.717, 1.165) is 16.8 Å². The molecule has 0 aromatic carbocycles. The molecule has 0 aliphatic heterocycles. The minimum absolute atomic E-state index is 0.00547. The van der Waals surface area contributed by atoms with E-state index in [1.165, 1.54) is 10.9 Å². The Morgan fingerprint density at radius 2 is 1.77 bits per heavy atom. The maximum Gasteiger partial charge on any atom is 0.435 e. The quantitative estimate of drug-likeness (QED) is 0.321. The van der Waals surface area contributed by atoms with Gasteiger partial charge in [-0.25, -0.2) is 4.98 Å². The van der Waals surface area contributed by atoms with Gasteiger partial charge in [0.25, 0.3) is 5.91 Å². The van der Waals surface area contributed by atoms with Crippen molar-refractivity contribution in [3.63, 3.8) is 0 Å². The van der Waals surface area contributed by atoms with Gasteiger partial charge >= 0.3 is 12.4 Å². The number of thiophene rings is 1. The summed E-state index contributed by atoms with van der Waals surface area (Å²) in [5.41, 5.74) is 3.94. The van der Waals surface area contributed by atoms with Crippen LogP contribution in [-0.4, -0.2) is 36.4 Å². The number of pyridine rings is 1. The van der Waals surface area contributed by atoms with Crippen LogP contribution >= 0.6 is 11.3 Å². The first-order valence-electron chi connectivity index (χ1n) is 11.4. The van der Waals surface area contributed by atoms with E-state index in [4.69, 9.17) is 5.73 Å². The molecule has 9 nitrogen and oxygen atoms in total. The van der Waals surface area contributed by atoms with Crippen molar-refractivity contribution in [1.82, 2.24) is 24.5 Å². The molecule has 2 amide bonds. The molecule has 1 fully saturated rings. The van der Waals surface area contributed by atoms with Gasteiger partial charge in [0.15, 0.2) is 5.69 Å². The van der Waals surface area contributed by atoms with Crippen LogP contribution in [0.1, 0.15) is 51.2 Å². The molecule has 4 heterocycles. The Labute approximate surface area is 219 Å². The van der Waals surface area contributed by atoms with E-state index in [2.05, 4.69) is 20.5 Å². The molecule has 1 saturated carbocycles. The number of fused-ring (bicyclic) bond motifs is 1. The Balaban J connectivity index is 1.62. The molecule has 1 aliphatic carbocycles. The van der Waals surface area contributed by atoms with Gasteiger partial charge in [-0.05, 0) is 37.5 Å². The Hall–Kier alpha value is -3.95. The Kier molecular flexibility index (Phi) is 6.19. The second-order valence-corrected chi connectivity index (χ2v) is 10.1. The number of hydrogen-bond acceptors (Lipinski definition) is 6. The largest absolute Gasteiger partial charge is 0.435 e. The van der Waals surface area contributed by atoms with Gasteiger partial charge < -0.3 is 11.1 Å². The van der Waals surface area contributed by atoms with Crippen molar-refractivity contribution < 1.29 is 35.9 Å². The normalized spacial score (nSPS) is 14.3. The van der Waals surface area contributed by atoms with Crippen molar-refractivity contribution in [2.24, 2.45) is 12.8 Å². The van der Waals surface area contributed by atoms with E-state index in [-0.39, 0.29) is 43.5 Å². The van der Waals surface area contributed by atoms with Crippen molar-refractivity contribution in [2.75, 3.05) is 5.32 Å². The molecule has 0 bridgehead atoms. The third kappa shape index (κ3) is 4.95. The molecule has 0 atom stereocenters. The number of hydrogen-bond donors (Lipinski definition) is 2.